The lowest BCUT2D eigenvalue weighted by molar-refractivity contribution is 0.320. The standard InChI is InChI=1S/C23H31N5O3/c1-4-25-23(27-11-12-31-18-8-6-9-24-16-18)26-10-5-7-17-13-20-21(28-17)14-19(29-2)15-22(20)30-3/h6,8-9,13-16,28H,4-5,7,10-12H2,1-3H3,(H2,25,26,27). The van der Waals surface area contributed by atoms with E-state index >= 15 is 0 Å². The average molecular weight is 426 g/mol. The highest BCUT2D eigenvalue weighted by Crippen LogP contribution is 2.31. The maximum Gasteiger partial charge on any atom is 0.191 e. The molecule has 0 spiro atoms. The Kier molecular flexibility index (Phi) is 8.39. The number of aryl methyl sites for hydroxylation is 1. The second-order valence-corrected chi connectivity index (χ2v) is 6.91. The number of hydrogen-bond donors (Lipinski definition) is 3. The van der Waals surface area contributed by atoms with E-state index in [0.29, 0.717) is 19.7 Å². The Hall–Kier alpha value is -3.42. The highest BCUT2D eigenvalue weighted by molar-refractivity contribution is 5.88. The fraction of sp³-hybridized carbons (Fsp3) is 0.391. The molecular weight excluding hydrogens is 394 g/mol. The van der Waals surface area contributed by atoms with Gasteiger partial charge in [-0.25, -0.2) is 0 Å². The first-order valence-corrected chi connectivity index (χ1v) is 10.5. The van der Waals surface area contributed by atoms with Crippen LogP contribution in [0.15, 0.2) is 47.7 Å². The van der Waals surface area contributed by atoms with E-state index in [-0.39, 0.29) is 0 Å². The number of aromatic nitrogens is 2. The number of aromatic amines is 1. The first-order valence-electron chi connectivity index (χ1n) is 10.5. The van der Waals surface area contributed by atoms with Crippen LogP contribution in [0.2, 0.25) is 0 Å². The van der Waals surface area contributed by atoms with E-state index in [0.717, 1.165) is 59.2 Å². The molecule has 0 aliphatic rings. The monoisotopic (exact) mass is 425 g/mol. The van der Waals surface area contributed by atoms with Crippen LogP contribution in [0.5, 0.6) is 17.2 Å². The molecule has 0 bridgehead atoms. The van der Waals surface area contributed by atoms with Crippen LogP contribution in [0, 0.1) is 0 Å². The molecule has 0 saturated carbocycles. The molecule has 0 radical (unpaired) electrons. The van der Waals surface area contributed by atoms with Gasteiger partial charge < -0.3 is 29.8 Å². The molecule has 1 aromatic carbocycles. The van der Waals surface area contributed by atoms with Gasteiger partial charge in [0, 0.05) is 42.5 Å². The summed E-state index contributed by atoms with van der Waals surface area (Å²) in [6, 6.07) is 9.77. The van der Waals surface area contributed by atoms with Crippen LogP contribution in [-0.2, 0) is 6.42 Å². The van der Waals surface area contributed by atoms with Gasteiger partial charge in [0.2, 0.25) is 0 Å². The van der Waals surface area contributed by atoms with Crippen molar-refractivity contribution in [1.82, 2.24) is 20.6 Å². The van der Waals surface area contributed by atoms with E-state index < -0.39 is 0 Å². The van der Waals surface area contributed by atoms with Gasteiger partial charge in [0.1, 0.15) is 23.9 Å². The smallest absolute Gasteiger partial charge is 0.191 e. The number of guanidine groups is 1. The van der Waals surface area contributed by atoms with E-state index in [1.54, 1.807) is 26.6 Å². The number of fused-ring (bicyclic) bond motifs is 1. The largest absolute Gasteiger partial charge is 0.497 e. The van der Waals surface area contributed by atoms with Crippen molar-refractivity contribution in [3.05, 3.63) is 48.4 Å². The maximum absolute atomic E-state index is 5.65. The number of rotatable bonds is 11. The number of nitrogens with zero attached hydrogens (tertiary/aromatic N) is 2. The van der Waals surface area contributed by atoms with Crippen molar-refractivity contribution >= 4 is 16.9 Å². The summed E-state index contributed by atoms with van der Waals surface area (Å²) in [5.74, 6) is 3.14. The first kappa shape index (κ1) is 22.3. The number of nitrogens with one attached hydrogen (secondary N) is 3. The molecule has 0 atom stereocenters. The predicted octanol–water partition coefficient (Wildman–Crippen LogP) is 3.15. The zero-order valence-corrected chi connectivity index (χ0v) is 18.4. The maximum atomic E-state index is 5.65. The molecule has 31 heavy (non-hydrogen) atoms. The third kappa shape index (κ3) is 6.53. The van der Waals surface area contributed by atoms with Gasteiger partial charge in [0.15, 0.2) is 5.96 Å². The van der Waals surface area contributed by atoms with Crippen LogP contribution in [0.1, 0.15) is 19.0 Å². The zero-order valence-electron chi connectivity index (χ0n) is 18.4. The topological polar surface area (TPSA) is 92.8 Å². The van der Waals surface area contributed by atoms with Crippen molar-refractivity contribution in [2.45, 2.75) is 19.8 Å². The van der Waals surface area contributed by atoms with Crippen molar-refractivity contribution in [3.63, 3.8) is 0 Å². The summed E-state index contributed by atoms with van der Waals surface area (Å²) in [4.78, 5) is 12.1. The fourth-order valence-electron chi connectivity index (χ4n) is 3.23. The van der Waals surface area contributed by atoms with Crippen LogP contribution in [0.3, 0.4) is 0 Å². The van der Waals surface area contributed by atoms with Crippen molar-refractivity contribution in [2.24, 2.45) is 4.99 Å². The molecule has 166 valence electrons. The molecule has 0 fully saturated rings. The summed E-state index contributed by atoms with van der Waals surface area (Å²) in [7, 11) is 3.33. The summed E-state index contributed by atoms with van der Waals surface area (Å²) >= 11 is 0. The van der Waals surface area contributed by atoms with Crippen LogP contribution >= 0.6 is 0 Å². The second-order valence-electron chi connectivity index (χ2n) is 6.91. The number of ether oxygens (including phenoxy) is 3. The van der Waals surface area contributed by atoms with Crippen LogP contribution in [0.4, 0.5) is 0 Å². The first-order chi connectivity index (χ1) is 15.2. The normalized spacial score (nSPS) is 11.4. The number of benzene rings is 1. The molecule has 3 aromatic rings. The van der Waals surface area contributed by atoms with E-state index in [1.165, 1.54) is 0 Å². The molecule has 8 nitrogen and oxygen atoms in total. The molecule has 3 rings (SSSR count). The molecule has 0 saturated heterocycles. The van der Waals surface area contributed by atoms with E-state index in [4.69, 9.17) is 14.2 Å². The quantitative estimate of drug-likeness (QED) is 0.248. The molecule has 0 aliphatic heterocycles. The Morgan fingerprint density at radius 3 is 2.77 bits per heavy atom. The van der Waals surface area contributed by atoms with Crippen molar-refractivity contribution in [2.75, 3.05) is 40.5 Å². The van der Waals surface area contributed by atoms with Gasteiger partial charge in [0.25, 0.3) is 0 Å². The Morgan fingerprint density at radius 2 is 2.03 bits per heavy atom. The number of pyridine rings is 1. The summed E-state index contributed by atoms with van der Waals surface area (Å²) in [6.45, 7) is 4.77. The Bertz CT molecular complexity index is 972. The molecule has 8 heteroatoms. The van der Waals surface area contributed by atoms with Crippen LogP contribution in [-0.4, -0.2) is 56.4 Å². The Morgan fingerprint density at radius 1 is 1.13 bits per heavy atom. The Labute approximate surface area is 183 Å². The average Bonchev–Trinajstić information content (AvgIpc) is 3.22. The minimum Gasteiger partial charge on any atom is -0.497 e. The number of H-pyrrole nitrogens is 1. The number of hydrogen-bond acceptors (Lipinski definition) is 5. The van der Waals surface area contributed by atoms with Gasteiger partial charge >= 0.3 is 0 Å². The highest BCUT2D eigenvalue weighted by atomic mass is 16.5. The third-order valence-corrected chi connectivity index (χ3v) is 4.70. The van der Waals surface area contributed by atoms with Gasteiger partial charge in [-0.05, 0) is 38.0 Å². The predicted molar refractivity (Wildman–Crippen MR) is 123 cm³/mol. The lowest BCUT2D eigenvalue weighted by Gasteiger charge is -2.12. The van der Waals surface area contributed by atoms with Gasteiger partial charge in [-0.15, -0.1) is 0 Å². The summed E-state index contributed by atoms with van der Waals surface area (Å²) in [5.41, 5.74) is 2.16. The van der Waals surface area contributed by atoms with Crippen molar-refractivity contribution < 1.29 is 14.2 Å². The molecule has 2 heterocycles. The molecule has 0 unspecified atom stereocenters. The summed E-state index contributed by atoms with van der Waals surface area (Å²) in [6.07, 6.45) is 5.25. The van der Waals surface area contributed by atoms with E-state index in [1.807, 2.05) is 24.3 Å². The lowest BCUT2D eigenvalue weighted by Crippen LogP contribution is -2.39. The minimum absolute atomic E-state index is 0.538. The second kappa shape index (κ2) is 11.7. The minimum atomic E-state index is 0.538. The van der Waals surface area contributed by atoms with Gasteiger partial charge in [-0.3, -0.25) is 9.98 Å². The number of aliphatic imine (C=N–C) groups is 1. The Balaban J connectivity index is 1.48. The molecular formula is C23H31N5O3. The number of methoxy groups -OCH3 is 2. The van der Waals surface area contributed by atoms with Gasteiger partial charge in [-0.2, -0.15) is 0 Å². The molecule has 0 amide bonds. The SMILES string of the molecule is CCNC(=NCCCc1cc2c(OC)cc(OC)cc2[nH]1)NCCOc1cccnc1. The summed E-state index contributed by atoms with van der Waals surface area (Å²) < 4.78 is 16.5. The summed E-state index contributed by atoms with van der Waals surface area (Å²) in [5, 5.41) is 7.62. The fourth-order valence-corrected chi connectivity index (χ4v) is 3.23. The van der Waals surface area contributed by atoms with Crippen LogP contribution < -0.4 is 24.8 Å². The molecule has 3 N–H and O–H groups in total. The zero-order chi connectivity index (χ0) is 21.9. The highest BCUT2D eigenvalue weighted by Gasteiger charge is 2.09. The molecule has 0 aliphatic carbocycles. The van der Waals surface area contributed by atoms with Crippen molar-refractivity contribution in [1.29, 1.82) is 0 Å². The van der Waals surface area contributed by atoms with E-state index in [2.05, 4.69) is 38.6 Å². The lowest BCUT2D eigenvalue weighted by atomic mass is 10.2. The van der Waals surface area contributed by atoms with E-state index in [9.17, 15) is 0 Å². The van der Waals surface area contributed by atoms with Gasteiger partial charge in [-0.1, -0.05) is 0 Å². The van der Waals surface area contributed by atoms with Crippen molar-refractivity contribution in [3.8, 4) is 17.2 Å². The van der Waals surface area contributed by atoms with Gasteiger partial charge in [0.05, 0.1) is 32.5 Å². The molecule has 2 aromatic heterocycles. The third-order valence-electron chi connectivity index (χ3n) is 4.70. The van der Waals surface area contributed by atoms with Crippen LogP contribution in [0.25, 0.3) is 10.9 Å².